The van der Waals surface area contributed by atoms with Crippen molar-refractivity contribution in [2.24, 2.45) is 0 Å². The summed E-state index contributed by atoms with van der Waals surface area (Å²) >= 11 is 0. The van der Waals surface area contributed by atoms with Crippen molar-refractivity contribution in [3.8, 4) is 0 Å². The van der Waals surface area contributed by atoms with Crippen LogP contribution in [0.25, 0.3) is 0 Å². The third-order valence-electron chi connectivity index (χ3n) is 5.67. The van der Waals surface area contributed by atoms with Gasteiger partial charge in [0, 0.05) is 31.0 Å². The van der Waals surface area contributed by atoms with Crippen molar-refractivity contribution in [1.82, 2.24) is 15.2 Å². The molecule has 6 nitrogen and oxygen atoms in total. The van der Waals surface area contributed by atoms with Crippen molar-refractivity contribution in [2.75, 3.05) is 13.6 Å². The van der Waals surface area contributed by atoms with E-state index in [0.29, 0.717) is 18.5 Å². The van der Waals surface area contributed by atoms with Crippen LogP contribution in [0.4, 0.5) is 0 Å². The molecule has 1 aromatic rings. The van der Waals surface area contributed by atoms with Gasteiger partial charge in [0.05, 0.1) is 23.7 Å². The van der Waals surface area contributed by atoms with E-state index in [-0.39, 0.29) is 23.5 Å². The number of nitrogens with one attached hydrogen (secondary N) is 1. The van der Waals surface area contributed by atoms with E-state index in [9.17, 15) is 9.59 Å². The normalized spacial score (nSPS) is 21.0. The van der Waals surface area contributed by atoms with E-state index in [4.69, 9.17) is 4.74 Å². The smallest absolute Gasteiger partial charge is 0.251 e. The lowest BCUT2D eigenvalue weighted by atomic mass is 9.78. The molecule has 2 amide bonds. The van der Waals surface area contributed by atoms with Gasteiger partial charge in [-0.25, -0.2) is 0 Å². The highest BCUT2D eigenvalue weighted by molar-refractivity contribution is 5.94. The first-order valence-corrected chi connectivity index (χ1v) is 9.85. The van der Waals surface area contributed by atoms with Crippen LogP contribution >= 0.6 is 0 Å². The lowest BCUT2D eigenvalue weighted by molar-refractivity contribution is -0.138. The fourth-order valence-electron chi connectivity index (χ4n) is 4.12. The molecular formula is C21H31N3O3. The molecule has 6 heteroatoms. The van der Waals surface area contributed by atoms with Crippen LogP contribution in [-0.2, 0) is 9.53 Å². The average Bonchev–Trinajstić information content (AvgIpc) is 2.98. The molecule has 3 rings (SSSR count). The maximum atomic E-state index is 12.6. The van der Waals surface area contributed by atoms with Crippen LogP contribution in [-0.4, -0.2) is 52.5 Å². The molecule has 1 aliphatic carbocycles. The monoisotopic (exact) mass is 373 g/mol. The molecule has 1 N–H and O–H groups in total. The number of rotatable bonds is 6. The van der Waals surface area contributed by atoms with Crippen LogP contribution in [0, 0.1) is 6.92 Å². The van der Waals surface area contributed by atoms with E-state index in [1.54, 1.807) is 30.3 Å². The number of amides is 2. The van der Waals surface area contributed by atoms with Gasteiger partial charge in [-0.2, -0.15) is 0 Å². The first-order valence-electron chi connectivity index (χ1n) is 9.85. The Hall–Kier alpha value is -1.95. The molecule has 2 heterocycles. The molecule has 0 aromatic carbocycles. The Labute approximate surface area is 161 Å². The molecule has 0 bridgehead atoms. The van der Waals surface area contributed by atoms with Crippen molar-refractivity contribution in [3.05, 3.63) is 29.6 Å². The third-order valence-corrected chi connectivity index (χ3v) is 5.67. The second kappa shape index (κ2) is 7.58. The summed E-state index contributed by atoms with van der Waals surface area (Å²) in [6.45, 7) is 6.16. The van der Waals surface area contributed by atoms with Crippen molar-refractivity contribution >= 4 is 11.8 Å². The van der Waals surface area contributed by atoms with Crippen LogP contribution in [0.15, 0.2) is 18.3 Å². The van der Waals surface area contributed by atoms with E-state index in [1.165, 1.54) is 6.42 Å². The van der Waals surface area contributed by atoms with Gasteiger partial charge in [0.25, 0.3) is 5.91 Å². The highest BCUT2D eigenvalue weighted by Crippen LogP contribution is 2.46. The number of carbonyl (C=O) groups is 2. The molecule has 1 spiro atoms. The van der Waals surface area contributed by atoms with E-state index in [2.05, 4.69) is 10.3 Å². The second-order valence-corrected chi connectivity index (χ2v) is 8.79. The maximum Gasteiger partial charge on any atom is 0.251 e. The minimum atomic E-state index is -0.537. The van der Waals surface area contributed by atoms with Gasteiger partial charge in [-0.15, -0.1) is 0 Å². The van der Waals surface area contributed by atoms with Crippen molar-refractivity contribution in [1.29, 1.82) is 0 Å². The lowest BCUT2D eigenvalue weighted by Gasteiger charge is -2.38. The fraction of sp³-hybridized carbons (Fsp3) is 0.667. The molecule has 2 aliphatic rings. The number of nitrogens with zero attached hydrogens (tertiary/aromatic N) is 2. The molecule has 27 heavy (non-hydrogen) atoms. The van der Waals surface area contributed by atoms with Gasteiger partial charge >= 0.3 is 0 Å². The predicted molar refractivity (Wildman–Crippen MR) is 103 cm³/mol. The Morgan fingerprint density at radius 3 is 2.70 bits per heavy atom. The van der Waals surface area contributed by atoms with Gasteiger partial charge in [0.2, 0.25) is 5.91 Å². The summed E-state index contributed by atoms with van der Waals surface area (Å²) in [5.41, 5.74) is 0.923. The summed E-state index contributed by atoms with van der Waals surface area (Å²) in [7, 11) is 1.79. The standard InChI is InChI=1S/C21H31N3O3/c1-15-12-16(7-11-22-15)19(26)23-20(2,3)14-24(4)18(25)13-17-6-10-21(27-17)8-5-9-21/h7,11-12,17H,5-6,8-10,13-14H2,1-4H3,(H,23,26). The third kappa shape index (κ3) is 4.86. The average molecular weight is 373 g/mol. The zero-order chi connectivity index (χ0) is 19.7. The van der Waals surface area contributed by atoms with E-state index >= 15 is 0 Å². The zero-order valence-electron chi connectivity index (χ0n) is 16.9. The number of hydrogen-bond donors (Lipinski definition) is 1. The molecular weight excluding hydrogens is 342 g/mol. The Kier molecular flexibility index (Phi) is 5.56. The van der Waals surface area contributed by atoms with E-state index in [0.717, 1.165) is 31.4 Å². The molecule has 1 saturated heterocycles. The number of likely N-dealkylation sites (N-methyl/N-ethyl adjacent to an activating group) is 1. The number of aryl methyl sites for hydroxylation is 1. The first-order chi connectivity index (χ1) is 12.7. The van der Waals surface area contributed by atoms with Crippen LogP contribution in [0.5, 0.6) is 0 Å². The molecule has 1 aliphatic heterocycles. The number of hydrogen-bond acceptors (Lipinski definition) is 4. The predicted octanol–water partition coefficient (Wildman–Crippen LogP) is 2.85. The fourth-order valence-corrected chi connectivity index (χ4v) is 4.12. The van der Waals surface area contributed by atoms with Gasteiger partial charge in [-0.05, 0) is 65.0 Å². The molecule has 1 aromatic heterocycles. The molecule has 1 unspecified atom stereocenters. The first kappa shape index (κ1) is 19.8. The molecule has 1 saturated carbocycles. The Bertz CT molecular complexity index is 712. The second-order valence-electron chi connectivity index (χ2n) is 8.79. The molecule has 1 atom stereocenters. The summed E-state index contributed by atoms with van der Waals surface area (Å²) in [6, 6.07) is 3.45. The van der Waals surface area contributed by atoms with E-state index in [1.807, 2.05) is 20.8 Å². The van der Waals surface area contributed by atoms with Crippen molar-refractivity contribution in [3.63, 3.8) is 0 Å². The number of aromatic nitrogens is 1. The van der Waals surface area contributed by atoms with Gasteiger partial charge in [-0.1, -0.05) is 0 Å². The maximum absolute atomic E-state index is 12.6. The lowest BCUT2D eigenvalue weighted by Crippen LogP contribution is -2.52. The molecule has 2 fully saturated rings. The Morgan fingerprint density at radius 1 is 1.37 bits per heavy atom. The van der Waals surface area contributed by atoms with Crippen LogP contribution in [0.2, 0.25) is 0 Å². The largest absolute Gasteiger partial charge is 0.371 e. The van der Waals surface area contributed by atoms with Gasteiger partial charge < -0.3 is 15.0 Å². The quantitative estimate of drug-likeness (QED) is 0.832. The van der Waals surface area contributed by atoms with Crippen molar-refractivity contribution in [2.45, 2.75) is 76.5 Å². The minimum absolute atomic E-state index is 0.0396. The van der Waals surface area contributed by atoms with Crippen LogP contribution < -0.4 is 5.32 Å². The van der Waals surface area contributed by atoms with Crippen LogP contribution in [0.3, 0.4) is 0 Å². The summed E-state index contributed by atoms with van der Waals surface area (Å²) in [4.78, 5) is 30.9. The number of carbonyl (C=O) groups excluding carboxylic acids is 2. The summed E-state index contributed by atoms with van der Waals surface area (Å²) < 4.78 is 6.15. The Balaban J connectivity index is 1.50. The van der Waals surface area contributed by atoms with E-state index < -0.39 is 5.54 Å². The highest BCUT2D eigenvalue weighted by atomic mass is 16.5. The summed E-state index contributed by atoms with van der Waals surface area (Å²) in [5.74, 6) is -0.0872. The van der Waals surface area contributed by atoms with Gasteiger partial charge in [0.15, 0.2) is 0 Å². The van der Waals surface area contributed by atoms with Crippen LogP contribution in [0.1, 0.15) is 68.4 Å². The SMILES string of the molecule is Cc1cc(C(=O)NC(C)(C)CN(C)C(=O)CC2CCC3(CCC3)O2)ccn1. The summed E-state index contributed by atoms with van der Waals surface area (Å²) in [5, 5.41) is 3.02. The zero-order valence-corrected chi connectivity index (χ0v) is 16.9. The molecule has 0 radical (unpaired) electrons. The number of pyridine rings is 1. The number of ether oxygens (including phenoxy) is 1. The van der Waals surface area contributed by atoms with Crippen molar-refractivity contribution < 1.29 is 14.3 Å². The summed E-state index contributed by atoms with van der Waals surface area (Å²) in [6.07, 6.45) is 7.67. The highest BCUT2D eigenvalue weighted by Gasteiger charge is 2.45. The van der Waals surface area contributed by atoms with Gasteiger partial charge in [-0.3, -0.25) is 14.6 Å². The molecule has 148 valence electrons. The van der Waals surface area contributed by atoms with Gasteiger partial charge in [0.1, 0.15) is 0 Å². The topological polar surface area (TPSA) is 71.5 Å². The minimum Gasteiger partial charge on any atom is -0.371 e. The Morgan fingerprint density at radius 2 is 2.11 bits per heavy atom.